The lowest BCUT2D eigenvalue weighted by molar-refractivity contribution is -0.135. The third-order valence-electron chi connectivity index (χ3n) is 4.87. The van der Waals surface area contributed by atoms with Gasteiger partial charge in [-0.05, 0) is 48.4 Å². The molecular formula is C21H24F2N2O2. The molecule has 0 unspecified atom stereocenters. The molecule has 1 saturated heterocycles. The van der Waals surface area contributed by atoms with Crippen molar-refractivity contribution >= 4 is 5.91 Å². The van der Waals surface area contributed by atoms with E-state index >= 15 is 0 Å². The fraction of sp³-hybridized carbons (Fsp3) is 0.381. The van der Waals surface area contributed by atoms with Crippen LogP contribution in [0.3, 0.4) is 0 Å². The Labute approximate surface area is 158 Å². The number of ether oxygens (including phenoxy) is 1. The number of rotatable bonds is 6. The van der Waals surface area contributed by atoms with Crippen LogP contribution in [0.5, 0.6) is 5.75 Å². The van der Waals surface area contributed by atoms with Crippen LogP contribution in [0.4, 0.5) is 8.78 Å². The molecule has 0 spiro atoms. The molecule has 6 heteroatoms. The highest BCUT2D eigenvalue weighted by Crippen LogP contribution is 2.21. The zero-order valence-electron chi connectivity index (χ0n) is 15.3. The zero-order valence-corrected chi connectivity index (χ0v) is 15.3. The second kappa shape index (κ2) is 8.95. The van der Waals surface area contributed by atoms with Crippen LogP contribution in [0.15, 0.2) is 48.5 Å². The third-order valence-corrected chi connectivity index (χ3v) is 4.87. The van der Waals surface area contributed by atoms with Gasteiger partial charge in [-0.1, -0.05) is 24.3 Å². The van der Waals surface area contributed by atoms with Gasteiger partial charge in [0.15, 0.2) is 0 Å². The molecule has 1 fully saturated rings. The summed E-state index contributed by atoms with van der Waals surface area (Å²) in [5.41, 5.74) is 1.62. The van der Waals surface area contributed by atoms with Crippen molar-refractivity contribution in [1.29, 1.82) is 0 Å². The average molecular weight is 374 g/mol. The van der Waals surface area contributed by atoms with E-state index in [1.807, 2.05) is 12.1 Å². The van der Waals surface area contributed by atoms with E-state index in [4.69, 9.17) is 4.74 Å². The maximum Gasteiger partial charge on any atom is 0.227 e. The number of nitrogens with zero attached hydrogens (tertiary/aromatic N) is 1. The first-order valence-corrected chi connectivity index (χ1v) is 9.08. The zero-order chi connectivity index (χ0) is 19.2. The maximum absolute atomic E-state index is 14.5. The number of nitrogens with one attached hydrogen (secondary N) is 1. The van der Waals surface area contributed by atoms with Crippen LogP contribution in [-0.4, -0.2) is 43.2 Å². The van der Waals surface area contributed by atoms with Crippen molar-refractivity contribution in [2.24, 2.45) is 0 Å². The molecule has 0 aliphatic carbocycles. The van der Waals surface area contributed by atoms with E-state index in [-0.39, 0.29) is 31.2 Å². The van der Waals surface area contributed by atoms with E-state index < -0.39 is 12.2 Å². The van der Waals surface area contributed by atoms with Gasteiger partial charge in [-0.25, -0.2) is 8.78 Å². The van der Waals surface area contributed by atoms with E-state index in [0.717, 1.165) is 16.9 Å². The summed E-state index contributed by atoms with van der Waals surface area (Å²) in [7, 11) is 1.59. The molecule has 2 aromatic carbocycles. The van der Waals surface area contributed by atoms with Crippen molar-refractivity contribution in [1.82, 2.24) is 10.2 Å². The molecule has 0 bridgehead atoms. The Bertz CT molecular complexity index is 750. The van der Waals surface area contributed by atoms with E-state index in [1.165, 1.54) is 12.1 Å². The molecule has 2 atom stereocenters. The van der Waals surface area contributed by atoms with Crippen LogP contribution in [0, 0.1) is 5.82 Å². The van der Waals surface area contributed by atoms with Crippen molar-refractivity contribution < 1.29 is 18.3 Å². The fourth-order valence-corrected chi connectivity index (χ4v) is 3.35. The average Bonchev–Trinajstić information content (AvgIpc) is 2.69. The van der Waals surface area contributed by atoms with Gasteiger partial charge in [-0.2, -0.15) is 0 Å². The van der Waals surface area contributed by atoms with Crippen LogP contribution in [0.2, 0.25) is 0 Å². The van der Waals surface area contributed by atoms with Crippen LogP contribution >= 0.6 is 0 Å². The number of hydrogen-bond acceptors (Lipinski definition) is 3. The number of amides is 1. The van der Waals surface area contributed by atoms with Crippen molar-refractivity contribution in [2.75, 3.05) is 20.2 Å². The van der Waals surface area contributed by atoms with E-state index in [0.29, 0.717) is 13.0 Å². The smallest absolute Gasteiger partial charge is 0.227 e. The Kier molecular flexibility index (Phi) is 6.40. The highest BCUT2D eigenvalue weighted by molar-refractivity contribution is 5.79. The van der Waals surface area contributed by atoms with E-state index in [9.17, 15) is 13.6 Å². The van der Waals surface area contributed by atoms with Crippen molar-refractivity contribution in [2.45, 2.75) is 31.6 Å². The monoisotopic (exact) mass is 374 g/mol. The van der Waals surface area contributed by atoms with Crippen LogP contribution < -0.4 is 10.1 Å². The molecule has 0 aromatic heterocycles. The number of alkyl halides is 1. The number of carbonyl (C=O) groups excluding carboxylic acids is 1. The van der Waals surface area contributed by atoms with Gasteiger partial charge in [-0.3, -0.25) is 4.79 Å². The van der Waals surface area contributed by atoms with Crippen LogP contribution in [0.1, 0.15) is 17.5 Å². The van der Waals surface area contributed by atoms with Crippen molar-refractivity contribution in [3.63, 3.8) is 0 Å². The molecule has 0 radical (unpaired) electrons. The minimum atomic E-state index is -1.13. The molecule has 1 heterocycles. The molecule has 1 N–H and O–H groups in total. The number of carbonyl (C=O) groups is 1. The summed E-state index contributed by atoms with van der Waals surface area (Å²) < 4.78 is 32.9. The Morgan fingerprint density at radius 2 is 1.81 bits per heavy atom. The largest absolute Gasteiger partial charge is 0.497 e. The number of hydrogen-bond donors (Lipinski definition) is 1. The number of piperidine rings is 1. The van der Waals surface area contributed by atoms with Crippen molar-refractivity contribution in [3.8, 4) is 5.75 Å². The molecule has 4 nitrogen and oxygen atoms in total. The Morgan fingerprint density at radius 1 is 1.15 bits per heavy atom. The highest BCUT2D eigenvalue weighted by atomic mass is 19.1. The van der Waals surface area contributed by atoms with Gasteiger partial charge < -0.3 is 15.0 Å². The first-order valence-electron chi connectivity index (χ1n) is 9.08. The second-order valence-corrected chi connectivity index (χ2v) is 6.75. The lowest BCUT2D eigenvalue weighted by Gasteiger charge is -2.37. The molecule has 27 heavy (non-hydrogen) atoms. The van der Waals surface area contributed by atoms with Gasteiger partial charge in [0.2, 0.25) is 5.91 Å². The minimum absolute atomic E-state index is 0.140. The molecule has 2 aromatic rings. The Morgan fingerprint density at radius 3 is 2.44 bits per heavy atom. The third kappa shape index (κ3) is 5.04. The predicted molar refractivity (Wildman–Crippen MR) is 99.8 cm³/mol. The molecule has 0 saturated carbocycles. The first-order chi connectivity index (χ1) is 13.1. The normalized spacial score (nSPS) is 19.5. The van der Waals surface area contributed by atoms with Gasteiger partial charge in [-0.15, -0.1) is 0 Å². The van der Waals surface area contributed by atoms with Gasteiger partial charge >= 0.3 is 0 Å². The highest BCUT2D eigenvalue weighted by Gasteiger charge is 2.33. The number of benzene rings is 2. The maximum atomic E-state index is 14.5. The number of methoxy groups -OCH3 is 1. The molecule has 1 aliphatic heterocycles. The summed E-state index contributed by atoms with van der Waals surface area (Å²) in [6.07, 6.45) is -0.391. The summed E-state index contributed by atoms with van der Waals surface area (Å²) >= 11 is 0. The molecule has 3 rings (SSSR count). The standard InChI is InChI=1S/C21H24F2N2O2/c1-27-18-8-4-15(5-9-18)12-21(26)25(20-10-11-24-13-19(20)23)14-16-2-6-17(22)7-3-16/h2-9,19-20,24H,10-14H2,1H3/t19-,20+/m0/s1. The Balaban J connectivity index is 1.78. The molecule has 1 aliphatic rings. The topological polar surface area (TPSA) is 41.6 Å². The molecule has 144 valence electrons. The number of halogens is 2. The minimum Gasteiger partial charge on any atom is -0.497 e. The van der Waals surface area contributed by atoms with Crippen molar-refractivity contribution in [3.05, 3.63) is 65.5 Å². The van der Waals surface area contributed by atoms with Gasteiger partial charge in [0.1, 0.15) is 17.7 Å². The van der Waals surface area contributed by atoms with Gasteiger partial charge in [0.05, 0.1) is 19.6 Å². The van der Waals surface area contributed by atoms with E-state index in [1.54, 1.807) is 36.3 Å². The lowest BCUT2D eigenvalue weighted by atomic mass is 10.0. The summed E-state index contributed by atoms with van der Waals surface area (Å²) in [6, 6.07) is 12.8. The lowest BCUT2D eigenvalue weighted by Crippen LogP contribution is -2.53. The summed E-state index contributed by atoms with van der Waals surface area (Å²) in [6.45, 7) is 1.17. The van der Waals surface area contributed by atoms with Gasteiger partial charge in [0, 0.05) is 13.1 Å². The molecular weight excluding hydrogens is 350 g/mol. The first kappa shape index (κ1) is 19.3. The summed E-state index contributed by atoms with van der Waals surface area (Å²) in [5.74, 6) is 0.246. The fourth-order valence-electron chi connectivity index (χ4n) is 3.35. The SMILES string of the molecule is COc1ccc(CC(=O)N(Cc2ccc(F)cc2)[C@@H]2CCNC[C@@H]2F)cc1. The van der Waals surface area contributed by atoms with E-state index in [2.05, 4.69) is 5.32 Å². The quantitative estimate of drug-likeness (QED) is 0.845. The Hall–Kier alpha value is -2.47. The van der Waals surface area contributed by atoms with Crippen LogP contribution in [-0.2, 0) is 17.8 Å². The second-order valence-electron chi connectivity index (χ2n) is 6.75. The summed E-state index contributed by atoms with van der Waals surface area (Å²) in [5, 5.41) is 3.02. The van der Waals surface area contributed by atoms with Gasteiger partial charge in [0.25, 0.3) is 0 Å². The van der Waals surface area contributed by atoms with Crippen LogP contribution in [0.25, 0.3) is 0 Å². The predicted octanol–water partition coefficient (Wildman–Crippen LogP) is 3.11. The summed E-state index contributed by atoms with van der Waals surface area (Å²) in [4.78, 5) is 14.6. The molecule has 1 amide bonds.